The number of carbonyl (C=O) groups is 1. The molecule has 1 aromatic heterocycles. The van der Waals surface area contributed by atoms with Gasteiger partial charge >= 0.3 is 0 Å². The van der Waals surface area contributed by atoms with Crippen LogP contribution in [0.4, 0.5) is 0 Å². The summed E-state index contributed by atoms with van der Waals surface area (Å²) in [6, 6.07) is 29.0. The van der Waals surface area contributed by atoms with E-state index in [1.807, 2.05) is 65.6 Å². The summed E-state index contributed by atoms with van der Waals surface area (Å²) in [7, 11) is 0. The zero-order valence-electron chi connectivity index (χ0n) is 19.5. The Kier molecular flexibility index (Phi) is 6.84. The highest BCUT2D eigenvalue weighted by Gasteiger charge is 2.27. The fraction of sp³-hybridized carbons (Fsp3) is 0.241. The van der Waals surface area contributed by atoms with Crippen LogP contribution in [0.5, 0.6) is 0 Å². The average Bonchev–Trinajstić information content (AvgIpc) is 3.36. The lowest BCUT2D eigenvalue weighted by Gasteiger charge is -2.34. The smallest absolute Gasteiger partial charge is 0.266 e. The van der Waals surface area contributed by atoms with Gasteiger partial charge in [-0.05, 0) is 17.5 Å². The summed E-state index contributed by atoms with van der Waals surface area (Å²) in [5.41, 5.74) is 5.51. The van der Waals surface area contributed by atoms with Gasteiger partial charge in [0.2, 0.25) is 0 Å². The highest BCUT2D eigenvalue weighted by atomic mass is 32.1. The van der Waals surface area contributed by atoms with Crippen molar-refractivity contribution in [3.8, 4) is 21.8 Å². The third-order valence-electron chi connectivity index (χ3n) is 6.39. The molecule has 5 heteroatoms. The van der Waals surface area contributed by atoms with Gasteiger partial charge in [-0.2, -0.15) is 0 Å². The number of amides is 1. The van der Waals surface area contributed by atoms with Crippen LogP contribution in [0.15, 0.2) is 84.9 Å². The van der Waals surface area contributed by atoms with Crippen molar-refractivity contribution in [2.24, 2.45) is 0 Å². The van der Waals surface area contributed by atoms with Crippen LogP contribution >= 0.6 is 11.3 Å². The highest BCUT2D eigenvalue weighted by Crippen LogP contribution is 2.34. The molecule has 0 unspecified atom stereocenters. The Bertz CT molecular complexity index is 1230. The second-order valence-corrected chi connectivity index (χ2v) is 9.67. The van der Waals surface area contributed by atoms with E-state index in [2.05, 4.69) is 36.1 Å². The van der Waals surface area contributed by atoms with Crippen molar-refractivity contribution in [2.45, 2.75) is 19.9 Å². The van der Waals surface area contributed by atoms with Crippen LogP contribution < -0.4 is 0 Å². The number of hydrogen-bond acceptors (Lipinski definition) is 4. The standard InChI is InChI=1S/C29H29N3OS/c1-2-22-13-15-23(16-14-22)21-31-17-19-32(20-18-31)29(33)27-26(24-9-5-3-6-10-24)30-28(34-27)25-11-7-4-8-12-25/h3-16H,2,17-21H2,1H3. The summed E-state index contributed by atoms with van der Waals surface area (Å²) in [4.78, 5) is 23.7. The minimum Gasteiger partial charge on any atom is -0.335 e. The summed E-state index contributed by atoms with van der Waals surface area (Å²) < 4.78 is 0. The summed E-state index contributed by atoms with van der Waals surface area (Å²) in [6.45, 7) is 6.34. The van der Waals surface area contributed by atoms with Gasteiger partial charge in [-0.25, -0.2) is 4.98 Å². The zero-order valence-corrected chi connectivity index (χ0v) is 20.3. The van der Waals surface area contributed by atoms with Gasteiger partial charge in [0.25, 0.3) is 5.91 Å². The molecule has 0 saturated carbocycles. The number of rotatable bonds is 6. The van der Waals surface area contributed by atoms with Gasteiger partial charge in [0.05, 0.1) is 5.69 Å². The maximum Gasteiger partial charge on any atom is 0.266 e. The quantitative estimate of drug-likeness (QED) is 0.349. The van der Waals surface area contributed by atoms with Crippen LogP contribution in [0.2, 0.25) is 0 Å². The first-order valence-corrected chi connectivity index (χ1v) is 12.7. The monoisotopic (exact) mass is 467 g/mol. The summed E-state index contributed by atoms with van der Waals surface area (Å²) in [5, 5.41) is 0.886. The third-order valence-corrected chi connectivity index (χ3v) is 7.48. The molecule has 1 aliphatic rings. The second-order valence-electron chi connectivity index (χ2n) is 8.67. The van der Waals surface area contributed by atoms with E-state index < -0.39 is 0 Å². The van der Waals surface area contributed by atoms with E-state index in [-0.39, 0.29) is 5.91 Å². The van der Waals surface area contributed by atoms with Crippen molar-refractivity contribution in [2.75, 3.05) is 26.2 Å². The first-order valence-electron chi connectivity index (χ1n) is 11.9. The lowest BCUT2D eigenvalue weighted by atomic mass is 10.1. The first kappa shape index (κ1) is 22.5. The number of piperazine rings is 1. The van der Waals surface area contributed by atoms with E-state index in [1.54, 1.807) is 0 Å². The maximum absolute atomic E-state index is 13.7. The number of hydrogen-bond donors (Lipinski definition) is 0. The van der Waals surface area contributed by atoms with Crippen molar-refractivity contribution in [1.29, 1.82) is 0 Å². The van der Waals surface area contributed by atoms with Crippen LogP contribution in [0, 0.1) is 0 Å². The molecule has 2 heterocycles. The van der Waals surface area contributed by atoms with Gasteiger partial charge < -0.3 is 4.90 Å². The topological polar surface area (TPSA) is 36.4 Å². The molecule has 4 aromatic rings. The number of nitrogens with zero attached hydrogens (tertiary/aromatic N) is 3. The van der Waals surface area contributed by atoms with E-state index in [4.69, 9.17) is 4.98 Å². The minimum absolute atomic E-state index is 0.0884. The molecule has 1 saturated heterocycles. The van der Waals surface area contributed by atoms with Crippen molar-refractivity contribution in [1.82, 2.24) is 14.8 Å². The average molecular weight is 468 g/mol. The normalized spacial score (nSPS) is 14.3. The molecule has 1 aliphatic heterocycles. The number of benzene rings is 3. The predicted octanol–water partition coefficient (Wildman–Crippen LogP) is 6.00. The van der Waals surface area contributed by atoms with Gasteiger partial charge in [-0.1, -0.05) is 91.9 Å². The number of aryl methyl sites for hydroxylation is 1. The highest BCUT2D eigenvalue weighted by molar-refractivity contribution is 7.17. The molecule has 0 bridgehead atoms. The summed E-state index contributed by atoms with van der Waals surface area (Å²) >= 11 is 1.50. The van der Waals surface area contributed by atoms with Gasteiger partial charge in [-0.15, -0.1) is 11.3 Å². The maximum atomic E-state index is 13.7. The second kappa shape index (κ2) is 10.3. The Balaban J connectivity index is 1.32. The molecule has 4 nitrogen and oxygen atoms in total. The summed E-state index contributed by atoms with van der Waals surface area (Å²) in [5.74, 6) is 0.0884. The van der Waals surface area contributed by atoms with E-state index >= 15 is 0 Å². The molecule has 0 radical (unpaired) electrons. The van der Waals surface area contributed by atoms with Crippen LogP contribution in [0.3, 0.4) is 0 Å². The molecule has 1 amide bonds. The van der Waals surface area contributed by atoms with Gasteiger partial charge in [0.15, 0.2) is 0 Å². The molecule has 1 fully saturated rings. The Morgan fingerprint density at radius 3 is 2.00 bits per heavy atom. The number of thiazole rings is 1. The van der Waals surface area contributed by atoms with Crippen molar-refractivity contribution < 1.29 is 4.79 Å². The molecule has 0 atom stereocenters. The third kappa shape index (κ3) is 4.96. The van der Waals surface area contributed by atoms with Gasteiger partial charge in [0.1, 0.15) is 9.88 Å². The van der Waals surface area contributed by atoms with E-state index in [0.717, 1.165) is 65.9 Å². The molecule has 0 spiro atoms. The molecular weight excluding hydrogens is 438 g/mol. The lowest BCUT2D eigenvalue weighted by Crippen LogP contribution is -2.48. The van der Waals surface area contributed by atoms with Gasteiger partial charge in [-0.3, -0.25) is 9.69 Å². The largest absolute Gasteiger partial charge is 0.335 e. The number of carbonyl (C=O) groups excluding carboxylic acids is 1. The molecular formula is C29H29N3OS. The Hall–Kier alpha value is -3.28. The van der Waals surface area contributed by atoms with Crippen molar-refractivity contribution in [3.05, 3.63) is 101 Å². The van der Waals surface area contributed by atoms with E-state index in [0.29, 0.717) is 0 Å². The van der Waals surface area contributed by atoms with Crippen molar-refractivity contribution >= 4 is 17.2 Å². The molecule has 34 heavy (non-hydrogen) atoms. The predicted molar refractivity (Wildman–Crippen MR) is 140 cm³/mol. The Morgan fingerprint density at radius 1 is 0.794 bits per heavy atom. The van der Waals surface area contributed by atoms with Crippen LogP contribution in [-0.4, -0.2) is 46.9 Å². The minimum atomic E-state index is 0.0884. The molecule has 5 rings (SSSR count). The Morgan fingerprint density at radius 2 is 1.38 bits per heavy atom. The van der Waals surface area contributed by atoms with E-state index in [9.17, 15) is 4.79 Å². The SMILES string of the molecule is CCc1ccc(CN2CCN(C(=O)c3sc(-c4ccccc4)nc3-c3ccccc3)CC2)cc1. The zero-order chi connectivity index (χ0) is 23.3. The Labute approximate surface area is 205 Å². The van der Waals surface area contributed by atoms with Crippen LogP contribution in [0.25, 0.3) is 21.8 Å². The molecule has 3 aromatic carbocycles. The van der Waals surface area contributed by atoms with Crippen LogP contribution in [0.1, 0.15) is 27.7 Å². The molecule has 0 aliphatic carbocycles. The van der Waals surface area contributed by atoms with Gasteiger partial charge in [0, 0.05) is 43.9 Å². The van der Waals surface area contributed by atoms with E-state index in [1.165, 1.54) is 22.5 Å². The van der Waals surface area contributed by atoms with Crippen molar-refractivity contribution in [3.63, 3.8) is 0 Å². The first-order chi connectivity index (χ1) is 16.7. The molecule has 0 N–H and O–H groups in total. The van der Waals surface area contributed by atoms with Crippen LogP contribution in [-0.2, 0) is 13.0 Å². The summed E-state index contributed by atoms with van der Waals surface area (Å²) in [6.07, 6.45) is 1.07. The fourth-order valence-electron chi connectivity index (χ4n) is 4.35. The molecule has 172 valence electrons. The lowest BCUT2D eigenvalue weighted by molar-refractivity contribution is 0.0633. The fourth-order valence-corrected chi connectivity index (χ4v) is 5.41. The number of aromatic nitrogens is 1.